The van der Waals surface area contributed by atoms with Gasteiger partial charge in [0.15, 0.2) is 0 Å². The molecule has 2 rings (SSSR count). The van der Waals surface area contributed by atoms with Crippen molar-refractivity contribution in [2.75, 3.05) is 7.05 Å². The Bertz CT molecular complexity index is 712. The summed E-state index contributed by atoms with van der Waals surface area (Å²) in [5.74, 6) is -0.166. The number of phenols is 1. The molecule has 7 nitrogen and oxygen atoms in total. The smallest absolute Gasteiger partial charge is 0.270 e. The molecule has 0 fully saturated rings. The standard InChI is InChI=1S/C9H11NO.C7H6N2O3/c1-7-3-5-8(6-4-7)9(11)10-2;8-4-5-3-6(9(11)12)1-2-7(5)10/h3-6H,1-2H3,(H,10,11);1-4,8,10H. The van der Waals surface area contributed by atoms with E-state index >= 15 is 0 Å². The number of nitrogens with one attached hydrogen (secondary N) is 2. The first kappa shape index (κ1) is 17.8. The van der Waals surface area contributed by atoms with Gasteiger partial charge in [0, 0.05) is 36.5 Å². The number of phenolic OH excluding ortho intramolecular Hbond substituents is 1. The van der Waals surface area contributed by atoms with E-state index in [-0.39, 0.29) is 22.9 Å². The van der Waals surface area contributed by atoms with E-state index in [0.29, 0.717) is 5.56 Å². The van der Waals surface area contributed by atoms with Crippen LogP contribution in [0.5, 0.6) is 5.75 Å². The van der Waals surface area contributed by atoms with Gasteiger partial charge in [0.25, 0.3) is 11.6 Å². The Kier molecular flexibility index (Phi) is 6.42. The van der Waals surface area contributed by atoms with Crippen molar-refractivity contribution in [1.29, 1.82) is 5.41 Å². The molecular formula is C16H17N3O4. The molecule has 0 atom stereocenters. The molecule has 0 aliphatic rings. The molecule has 0 spiro atoms. The summed E-state index contributed by atoms with van der Waals surface area (Å²) in [4.78, 5) is 20.7. The van der Waals surface area contributed by atoms with Crippen LogP contribution < -0.4 is 5.32 Å². The Morgan fingerprint density at radius 1 is 1.26 bits per heavy atom. The number of non-ortho nitro benzene ring substituents is 1. The summed E-state index contributed by atoms with van der Waals surface area (Å²) in [7, 11) is 1.63. The molecule has 0 saturated carbocycles. The molecule has 120 valence electrons. The lowest BCUT2D eigenvalue weighted by molar-refractivity contribution is -0.384. The molecule has 1 amide bonds. The third-order valence-electron chi connectivity index (χ3n) is 2.92. The highest BCUT2D eigenvalue weighted by Crippen LogP contribution is 2.20. The molecule has 7 heteroatoms. The van der Waals surface area contributed by atoms with Crippen molar-refractivity contribution in [2.45, 2.75) is 6.92 Å². The number of nitro groups is 1. The number of rotatable bonds is 3. The summed E-state index contributed by atoms with van der Waals surface area (Å²) >= 11 is 0. The Hall–Kier alpha value is -3.22. The monoisotopic (exact) mass is 315 g/mol. The number of nitro benzene ring substituents is 1. The highest BCUT2D eigenvalue weighted by atomic mass is 16.6. The molecule has 0 bridgehead atoms. The van der Waals surface area contributed by atoms with Gasteiger partial charge in [-0.25, -0.2) is 0 Å². The lowest BCUT2D eigenvalue weighted by atomic mass is 10.1. The fourth-order valence-corrected chi connectivity index (χ4v) is 1.62. The molecule has 0 aliphatic carbocycles. The molecule has 0 heterocycles. The molecular weight excluding hydrogens is 298 g/mol. The number of carbonyl (C=O) groups excluding carboxylic acids is 1. The fourth-order valence-electron chi connectivity index (χ4n) is 1.62. The number of aromatic hydroxyl groups is 1. The second-order valence-corrected chi connectivity index (χ2v) is 4.59. The second kappa shape index (κ2) is 8.28. The van der Waals surface area contributed by atoms with Gasteiger partial charge in [0.05, 0.1) is 4.92 Å². The number of aryl methyl sites for hydroxylation is 1. The predicted octanol–water partition coefficient (Wildman–Crippen LogP) is 2.65. The minimum Gasteiger partial charge on any atom is -0.507 e. The minimum absolute atomic E-state index is 0.0370. The third-order valence-corrected chi connectivity index (χ3v) is 2.92. The number of hydrogen-bond donors (Lipinski definition) is 3. The van der Waals surface area contributed by atoms with Crippen LogP contribution in [-0.4, -0.2) is 29.2 Å². The molecule has 2 aromatic carbocycles. The summed E-state index contributed by atoms with van der Waals surface area (Å²) in [6, 6.07) is 11.0. The first-order valence-corrected chi connectivity index (χ1v) is 6.65. The maximum absolute atomic E-state index is 11.0. The van der Waals surface area contributed by atoms with Crippen LogP contribution in [0.25, 0.3) is 0 Å². The van der Waals surface area contributed by atoms with Crippen LogP contribution in [0.2, 0.25) is 0 Å². The van der Waals surface area contributed by atoms with Crippen molar-refractivity contribution < 1.29 is 14.8 Å². The van der Waals surface area contributed by atoms with Crippen molar-refractivity contribution in [3.63, 3.8) is 0 Å². The van der Waals surface area contributed by atoms with E-state index in [4.69, 9.17) is 10.5 Å². The normalized spacial score (nSPS) is 9.30. The summed E-state index contributed by atoms with van der Waals surface area (Å²) in [6.45, 7) is 1.99. The largest absolute Gasteiger partial charge is 0.507 e. The molecule has 0 unspecified atom stereocenters. The maximum atomic E-state index is 11.0. The predicted molar refractivity (Wildman–Crippen MR) is 87.2 cm³/mol. The number of amides is 1. The van der Waals surface area contributed by atoms with Gasteiger partial charge in [-0.1, -0.05) is 17.7 Å². The van der Waals surface area contributed by atoms with Crippen molar-refractivity contribution in [3.8, 4) is 5.75 Å². The van der Waals surface area contributed by atoms with E-state index in [1.807, 2.05) is 31.2 Å². The fraction of sp³-hybridized carbons (Fsp3) is 0.125. The van der Waals surface area contributed by atoms with E-state index in [1.165, 1.54) is 12.1 Å². The van der Waals surface area contributed by atoms with E-state index in [2.05, 4.69) is 5.32 Å². The Morgan fingerprint density at radius 2 is 1.87 bits per heavy atom. The van der Waals surface area contributed by atoms with Crippen molar-refractivity contribution >= 4 is 17.8 Å². The molecule has 3 N–H and O–H groups in total. The first-order valence-electron chi connectivity index (χ1n) is 6.65. The van der Waals surface area contributed by atoms with Gasteiger partial charge in [-0.15, -0.1) is 0 Å². The lowest BCUT2D eigenvalue weighted by Gasteiger charge is -1.98. The number of carbonyl (C=O) groups is 1. The average molecular weight is 315 g/mol. The number of hydrogen-bond acceptors (Lipinski definition) is 5. The van der Waals surface area contributed by atoms with Gasteiger partial charge < -0.3 is 15.8 Å². The number of nitrogens with zero attached hydrogens (tertiary/aromatic N) is 1. The molecule has 0 radical (unpaired) electrons. The Morgan fingerprint density at radius 3 is 2.35 bits per heavy atom. The first-order chi connectivity index (χ1) is 10.9. The van der Waals surface area contributed by atoms with Crippen LogP contribution >= 0.6 is 0 Å². The maximum Gasteiger partial charge on any atom is 0.270 e. The van der Waals surface area contributed by atoms with Gasteiger partial charge in [-0.05, 0) is 25.1 Å². The van der Waals surface area contributed by atoms with Crippen LogP contribution in [-0.2, 0) is 0 Å². The highest BCUT2D eigenvalue weighted by molar-refractivity contribution is 5.93. The second-order valence-electron chi connectivity index (χ2n) is 4.59. The van der Waals surface area contributed by atoms with E-state index in [9.17, 15) is 14.9 Å². The van der Waals surface area contributed by atoms with Crippen LogP contribution in [0.1, 0.15) is 21.5 Å². The van der Waals surface area contributed by atoms with E-state index in [1.54, 1.807) is 7.05 Å². The van der Waals surface area contributed by atoms with Crippen LogP contribution in [0.3, 0.4) is 0 Å². The van der Waals surface area contributed by atoms with Gasteiger partial charge in [0.2, 0.25) is 0 Å². The topological polar surface area (TPSA) is 116 Å². The number of benzene rings is 2. The molecule has 23 heavy (non-hydrogen) atoms. The van der Waals surface area contributed by atoms with Crippen LogP contribution in [0, 0.1) is 22.4 Å². The lowest BCUT2D eigenvalue weighted by Crippen LogP contribution is -2.17. The molecule has 0 aliphatic heterocycles. The van der Waals surface area contributed by atoms with Crippen LogP contribution in [0.15, 0.2) is 42.5 Å². The summed E-state index contributed by atoms with van der Waals surface area (Å²) < 4.78 is 0. The van der Waals surface area contributed by atoms with Gasteiger partial charge >= 0.3 is 0 Å². The Balaban J connectivity index is 0.000000231. The zero-order valence-corrected chi connectivity index (χ0v) is 12.7. The Labute approximate surface area is 133 Å². The van der Waals surface area contributed by atoms with Crippen LogP contribution in [0.4, 0.5) is 5.69 Å². The molecule has 2 aromatic rings. The van der Waals surface area contributed by atoms with E-state index in [0.717, 1.165) is 17.8 Å². The SMILES string of the molecule is CNC(=O)c1ccc(C)cc1.N=Cc1cc([N+](=O)[O-])ccc1O. The quantitative estimate of drug-likeness (QED) is 0.458. The zero-order chi connectivity index (χ0) is 17.4. The third kappa shape index (κ3) is 5.24. The van der Waals surface area contributed by atoms with Gasteiger partial charge in [0.1, 0.15) is 5.75 Å². The average Bonchev–Trinajstić information content (AvgIpc) is 2.55. The molecule has 0 saturated heterocycles. The summed E-state index contributed by atoms with van der Waals surface area (Å²) in [5, 5.41) is 28.6. The van der Waals surface area contributed by atoms with Crippen molar-refractivity contribution in [1.82, 2.24) is 5.32 Å². The van der Waals surface area contributed by atoms with Gasteiger partial charge in [-0.3, -0.25) is 14.9 Å². The molecule has 0 aromatic heterocycles. The minimum atomic E-state index is -0.577. The summed E-state index contributed by atoms with van der Waals surface area (Å²) in [6.07, 6.45) is 0.863. The zero-order valence-electron chi connectivity index (χ0n) is 12.7. The van der Waals surface area contributed by atoms with Gasteiger partial charge in [-0.2, -0.15) is 0 Å². The van der Waals surface area contributed by atoms with Crippen molar-refractivity contribution in [2.24, 2.45) is 0 Å². The highest BCUT2D eigenvalue weighted by Gasteiger charge is 2.07. The van der Waals surface area contributed by atoms with Crippen molar-refractivity contribution in [3.05, 3.63) is 69.3 Å². The summed E-state index contributed by atoms with van der Waals surface area (Å²) in [5.41, 5.74) is 1.88. The van der Waals surface area contributed by atoms with E-state index < -0.39 is 4.92 Å².